The molecule has 0 spiro atoms. The predicted molar refractivity (Wildman–Crippen MR) is 175 cm³/mol. The molecule has 4 atom stereocenters. The standard InChI is InChI=1S/C35H40F2N8O3/c1-43-23-4-2-9-44(17-23)33-25-14-38-32(30(37)31(25)40-34(41-33)48-19-35-8-3-10-45(35)16-22(36)13-35)29-24-15-39-42-26(24)12-21-6-5-20(28(21)29)7-11-47-18-27(43)46/h12,14-15,20,22-23H,2-11,13,16-19H2,1H3,(H,39,42)/t20-,22+,23+,35-/m0/s1. The third kappa shape index (κ3) is 4.83. The molecule has 4 aromatic rings. The summed E-state index contributed by atoms with van der Waals surface area (Å²) in [6.07, 6.45) is 8.88. The Hall–Kier alpha value is -3.97. The Kier molecular flexibility index (Phi) is 7.26. The minimum absolute atomic E-state index is 0.0164. The fraction of sp³-hybridized carbons (Fsp3) is 0.571. The van der Waals surface area contributed by atoms with Crippen LogP contribution in [0.2, 0.25) is 0 Å². The van der Waals surface area contributed by atoms with Crippen LogP contribution in [0.15, 0.2) is 18.5 Å². The lowest BCUT2D eigenvalue weighted by atomic mass is 9.89. The number of benzene rings is 1. The normalized spacial score (nSPS) is 27.7. The van der Waals surface area contributed by atoms with Crippen molar-refractivity contribution >= 4 is 33.5 Å². The van der Waals surface area contributed by atoms with Crippen LogP contribution in [0.1, 0.15) is 62.0 Å². The van der Waals surface area contributed by atoms with E-state index in [1.165, 1.54) is 0 Å². The van der Waals surface area contributed by atoms with Crippen LogP contribution in [-0.4, -0.2) is 112 Å². The van der Waals surface area contributed by atoms with E-state index in [1.807, 2.05) is 7.05 Å². The smallest absolute Gasteiger partial charge is 0.319 e. The van der Waals surface area contributed by atoms with Gasteiger partial charge in [0.2, 0.25) is 5.91 Å². The molecule has 8 heterocycles. The van der Waals surface area contributed by atoms with Gasteiger partial charge in [-0.2, -0.15) is 15.1 Å². The van der Waals surface area contributed by atoms with Crippen LogP contribution in [0.25, 0.3) is 33.1 Å². The molecular weight excluding hydrogens is 618 g/mol. The summed E-state index contributed by atoms with van der Waals surface area (Å²) in [6.45, 7) is 3.12. The second kappa shape index (κ2) is 11.6. The summed E-state index contributed by atoms with van der Waals surface area (Å²) in [5.41, 5.74) is 3.70. The number of ether oxygens (including phenoxy) is 2. The molecule has 1 amide bonds. The van der Waals surface area contributed by atoms with Crippen LogP contribution < -0.4 is 9.64 Å². The summed E-state index contributed by atoms with van der Waals surface area (Å²) >= 11 is 0. The number of halogens is 2. The summed E-state index contributed by atoms with van der Waals surface area (Å²) in [7, 11) is 1.83. The van der Waals surface area contributed by atoms with Gasteiger partial charge >= 0.3 is 6.01 Å². The molecule has 3 aromatic heterocycles. The summed E-state index contributed by atoms with van der Waals surface area (Å²) in [5.74, 6) is 0.0446. The average molecular weight is 659 g/mol. The van der Waals surface area contributed by atoms with Crippen LogP contribution in [-0.2, 0) is 16.0 Å². The lowest BCUT2D eigenvalue weighted by Crippen LogP contribution is -2.49. The molecule has 1 aromatic carbocycles. The number of aromatic nitrogens is 5. The SMILES string of the molecule is CN1C(=O)COCC[C@@H]2CCc3cc4[nH]ncc4c(c32)-c2ncc3c(nc(OC[C@@]45CCCN4C[C@H](F)C5)nc3c2F)N2CCC[C@@H]1C2. The molecule has 3 fully saturated rings. The first-order valence-corrected chi connectivity index (χ1v) is 17.3. The van der Waals surface area contributed by atoms with Crippen LogP contribution in [0, 0.1) is 5.82 Å². The number of likely N-dealkylation sites (N-methyl/N-ethyl adjacent to an activating group) is 1. The largest absolute Gasteiger partial charge is 0.461 e. The number of pyridine rings is 1. The molecule has 6 bridgehead atoms. The topological polar surface area (TPSA) is 113 Å². The zero-order valence-corrected chi connectivity index (χ0v) is 27.2. The van der Waals surface area contributed by atoms with Gasteiger partial charge in [-0.15, -0.1) is 0 Å². The number of hydrogen-bond acceptors (Lipinski definition) is 9. The first-order chi connectivity index (χ1) is 23.4. The van der Waals surface area contributed by atoms with Crippen molar-refractivity contribution in [1.29, 1.82) is 0 Å². The van der Waals surface area contributed by atoms with E-state index in [2.05, 4.69) is 26.1 Å². The molecule has 1 N–H and O–H groups in total. The van der Waals surface area contributed by atoms with Gasteiger partial charge in [0.15, 0.2) is 5.82 Å². The molecular formula is C35H40F2N8O3. The highest BCUT2D eigenvalue weighted by Gasteiger charge is 2.49. The fourth-order valence-electron chi connectivity index (χ4n) is 9.16. The highest BCUT2D eigenvalue weighted by molar-refractivity contribution is 6.00. The molecule has 0 radical (unpaired) electrons. The number of aryl methyl sites for hydroxylation is 1. The van der Waals surface area contributed by atoms with Crippen molar-refractivity contribution < 1.29 is 23.0 Å². The average Bonchev–Trinajstić information content (AvgIpc) is 3.88. The van der Waals surface area contributed by atoms with E-state index in [9.17, 15) is 9.18 Å². The Morgan fingerprint density at radius 3 is 2.96 bits per heavy atom. The van der Waals surface area contributed by atoms with Gasteiger partial charge in [0.05, 0.1) is 22.6 Å². The highest BCUT2D eigenvalue weighted by Crippen LogP contribution is 2.47. The minimum Gasteiger partial charge on any atom is -0.461 e. The number of nitrogens with zero attached hydrogens (tertiary/aromatic N) is 7. The summed E-state index contributed by atoms with van der Waals surface area (Å²) in [4.78, 5) is 33.8. The molecule has 0 unspecified atom stereocenters. The maximum absolute atomic E-state index is 17.2. The third-order valence-corrected chi connectivity index (χ3v) is 11.6. The highest BCUT2D eigenvalue weighted by atomic mass is 19.1. The maximum Gasteiger partial charge on any atom is 0.319 e. The molecule has 5 aliphatic heterocycles. The van der Waals surface area contributed by atoms with Crippen molar-refractivity contribution in [2.45, 2.75) is 75.0 Å². The van der Waals surface area contributed by atoms with Crippen molar-refractivity contribution in [2.75, 3.05) is 57.9 Å². The van der Waals surface area contributed by atoms with Crippen LogP contribution in [0.4, 0.5) is 14.6 Å². The van der Waals surface area contributed by atoms with Gasteiger partial charge in [-0.05, 0) is 74.6 Å². The minimum atomic E-state index is -0.893. The van der Waals surface area contributed by atoms with Crippen molar-refractivity contribution in [3.8, 4) is 17.3 Å². The van der Waals surface area contributed by atoms with Gasteiger partial charge in [-0.25, -0.2) is 8.78 Å². The van der Waals surface area contributed by atoms with E-state index in [1.54, 1.807) is 17.3 Å². The second-order valence-corrected chi connectivity index (χ2v) is 14.4. The van der Waals surface area contributed by atoms with E-state index in [0.29, 0.717) is 50.3 Å². The van der Waals surface area contributed by atoms with E-state index < -0.39 is 17.5 Å². The van der Waals surface area contributed by atoms with Crippen molar-refractivity contribution in [3.63, 3.8) is 0 Å². The number of piperidine rings is 1. The summed E-state index contributed by atoms with van der Waals surface area (Å²) < 4.78 is 44.1. The van der Waals surface area contributed by atoms with Gasteiger partial charge in [0, 0.05) is 62.9 Å². The maximum atomic E-state index is 17.2. The molecule has 13 heteroatoms. The monoisotopic (exact) mass is 658 g/mol. The second-order valence-electron chi connectivity index (χ2n) is 14.4. The van der Waals surface area contributed by atoms with Crippen molar-refractivity contribution in [1.82, 2.24) is 34.9 Å². The van der Waals surface area contributed by atoms with Gasteiger partial charge in [-0.1, -0.05) is 0 Å². The Balaban J connectivity index is 1.21. The third-order valence-electron chi connectivity index (χ3n) is 11.6. The van der Waals surface area contributed by atoms with Crippen LogP contribution in [0.3, 0.4) is 0 Å². The molecule has 3 saturated heterocycles. The number of carbonyl (C=O) groups is 1. The van der Waals surface area contributed by atoms with E-state index in [-0.39, 0.29) is 48.3 Å². The molecule has 48 heavy (non-hydrogen) atoms. The molecule has 0 saturated carbocycles. The summed E-state index contributed by atoms with van der Waals surface area (Å²) in [5, 5.41) is 8.68. The van der Waals surface area contributed by atoms with Gasteiger partial charge < -0.3 is 19.3 Å². The first kappa shape index (κ1) is 30.1. The number of nitrogens with one attached hydrogen (secondary N) is 1. The molecule has 10 rings (SSSR count). The van der Waals surface area contributed by atoms with E-state index in [4.69, 9.17) is 24.4 Å². The molecule has 252 valence electrons. The Morgan fingerprint density at radius 2 is 2.04 bits per heavy atom. The predicted octanol–water partition coefficient (Wildman–Crippen LogP) is 4.54. The van der Waals surface area contributed by atoms with Crippen molar-refractivity contribution in [2.24, 2.45) is 0 Å². The van der Waals surface area contributed by atoms with Gasteiger partial charge in [0.25, 0.3) is 0 Å². The number of rotatable bonds is 3. The van der Waals surface area contributed by atoms with Gasteiger partial charge in [-0.3, -0.25) is 19.8 Å². The van der Waals surface area contributed by atoms with Gasteiger partial charge in [0.1, 0.15) is 36.4 Å². The Bertz CT molecular complexity index is 1920. The summed E-state index contributed by atoms with van der Waals surface area (Å²) in [6, 6.07) is 2.11. The van der Waals surface area contributed by atoms with Crippen molar-refractivity contribution in [3.05, 3.63) is 35.4 Å². The Labute approximate surface area is 277 Å². The molecule has 6 aliphatic rings. The lowest BCUT2D eigenvalue weighted by Gasteiger charge is -2.38. The van der Waals surface area contributed by atoms with Crippen LogP contribution in [0.5, 0.6) is 6.01 Å². The quantitative estimate of drug-likeness (QED) is 0.339. The zero-order valence-electron chi connectivity index (χ0n) is 27.2. The molecule has 1 aliphatic carbocycles. The molecule has 11 nitrogen and oxygen atoms in total. The zero-order chi connectivity index (χ0) is 32.6. The number of alkyl halides is 1. The number of aromatic amines is 1. The lowest BCUT2D eigenvalue weighted by molar-refractivity contribution is -0.137. The Morgan fingerprint density at radius 1 is 1.12 bits per heavy atom. The number of fused-ring (bicyclic) bond motifs is 8. The first-order valence-electron chi connectivity index (χ1n) is 17.3. The van der Waals surface area contributed by atoms with E-state index >= 15 is 4.39 Å². The number of amides is 1. The number of carbonyl (C=O) groups excluding carboxylic acids is 1. The number of H-pyrrole nitrogens is 1. The number of anilines is 1. The number of hydrogen-bond donors (Lipinski definition) is 1. The fourth-order valence-corrected chi connectivity index (χ4v) is 9.16. The van der Waals surface area contributed by atoms with Crippen LogP contribution >= 0.6 is 0 Å². The van der Waals surface area contributed by atoms with E-state index in [0.717, 1.165) is 72.7 Å².